The van der Waals surface area contributed by atoms with Crippen LogP contribution in [0.2, 0.25) is 0 Å². The van der Waals surface area contributed by atoms with Crippen LogP contribution in [0.25, 0.3) is 11.6 Å². The second-order valence-electron chi connectivity index (χ2n) is 5.95. The number of carbonyl (C=O) groups is 1. The molecule has 126 valence electrons. The van der Waals surface area contributed by atoms with Crippen LogP contribution in [0, 0.1) is 17.1 Å². The predicted octanol–water partition coefficient (Wildman–Crippen LogP) is 4.19. The Kier molecular flexibility index (Phi) is 4.80. The van der Waals surface area contributed by atoms with E-state index in [4.69, 9.17) is 5.11 Å². The van der Waals surface area contributed by atoms with E-state index in [1.54, 1.807) is 18.2 Å². The smallest absolute Gasteiger partial charge is 0.335 e. The molecule has 0 bridgehead atoms. The Labute approximate surface area is 145 Å². The van der Waals surface area contributed by atoms with Gasteiger partial charge in [0.1, 0.15) is 5.82 Å². The van der Waals surface area contributed by atoms with Crippen molar-refractivity contribution in [2.45, 2.75) is 12.8 Å². The topological polar surface area (TPSA) is 64.3 Å². The molecule has 0 spiro atoms. The highest BCUT2D eigenvalue weighted by Gasteiger charge is 2.14. The van der Waals surface area contributed by atoms with Gasteiger partial charge in [0.05, 0.1) is 17.2 Å². The van der Waals surface area contributed by atoms with E-state index in [1.165, 1.54) is 24.3 Å². The molecule has 1 fully saturated rings. The zero-order valence-corrected chi connectivity index (χ0v) is 13.6. The highest BCUT2D eigenvalue weighted by atomic mass is 19.1. The Bertz CT molecular complexity index is 860. The van der Waals surface area contributed by atoms with E-state index >= 15 is 0 Å². The Morgan fingerprint density at radius 3 is 2.32 bits per heavy atom. The average molecular weight is 336 g/mol. The molecule has 0 unspecified atom stereocenters. The van der Waals surface area contributed by atoms with Crippen molar-refractivity contribution in [3.05, 3.63) is 65.0 Å². The molecule has 2 aromatic rings. The molecule has 3 rings (SSSR count). The number of halogens is 1. The lowest BCUT2D eigenvalue weighted by atomic mass is 10.0. The van der Waals surface area contributed by atoms with E-state index in [-0.39, 0.29) is 17.0 Å². The van der Waals surface area contributed by atoms with Crippen molar-refractivity contribution in [3.8, 4) is 6.07 Å². The summed E-state index contributed by atoms with van der Waals surface area (Å²) in [4.78, 5) is 13.0. The van der Waals surface area contributed by atoms with Crippen molar-refractivity contribution in [2.24, 2.45) is 0 Å². The Hall–Kier alpha value is -3.13. The Balaban J connectivity index is 1.89. The number of carboxylic acids is 1. The van der Waals surface area contributed by atoms with Crippen LogP contribution in [0.1, 0.15) is 34.3 Å². The van der Waals surface area contributed by atoms with Gasteiger partial charge in [-0.1, -0.05) is 12.1 Å². The largest absolute Gasteiger partial charge is 0.478 e. The monoisotopic (exact) mass is 336 g/mol. The minimum absolute atomic E-state index is 0.141. The van der Waals surface area contributed by atoms with Gasteiger partial charge in [-0.3, -0.25) is 0 Å². The summed E-state index contributed by atoms with van der Waals surface area (Å²) < 4.78 is 14.4. The number of benzene rings is 2. The Morgan fingerprint density at radius 1 is 1.12 bits per heavy atom. The maximum atomic E-state index is 14.4. The first-order valence-electron chi connectivity index (χ1n) is 8.08. The molecule has 1 N–H and O–H groups in total. The molecule has 4 nitrogen and oxygen atoms in total. The van der Waals surface area contributed by atoms with Crippen molar-refractivity contribution in [1.29, 1.82) is 5.26 Å². The second kappa shape index (κ2) is 7.18. The fourth-order valence-corrected chi connectivity index (χ4v) is 2.93. The summed E-state index contributed by atoms with van der Waals surface area (Å²) >= 11 is 0. The van der Waals surface area contributed by atoms with Crippen molar-refractivity contribution in [3.63, 3.8) is 0 Å². The standard InChI is InChI=1S/C20H17FN2O2/c21-19-12-18(23-9-1-2-10-23)8-7-16(19)11-17(13-22)14-3-5-15(6-4-14)20(24)25/h3-8,11-12H,1-2,9-10H2,(H,24,25)/b17-11-. The third-order valence-corrected chi connectivity index (χ3v) is 4.32. The molecule has 1 saturated heterocycles. The van der Waals surface area contributed by atoms with Gasteiger partial charge in [0.15, 0.2) is 0 Å². The number of rotatable bonds is 4. The second-order valence-corrected chi connectivity index (χ2v) is 5.95. The highest BCUT2D eigenvalue weighted by molar-refractivity contribution is 5.92. The Morgan fingerprint density at radius 2 is 1.76 bits per heavy atom. The van der Waals surface area contributed by atoms with Crippen LogP contribution in [0.3, 0.4) is 0 Å². The van der Waals surface area contributed by atoms with Crippen molar-refractivity contribution < 1.29 is 14.3 Å². The van der Waals surface area contributed by atoms with Gasteiger partial charge in [0, 0.05) is 24.3 Å². The molecule has 0 aromatic heterocycles. The number of nitrogens with zero attached hydrogens (tertiary/aromatic N) is 2. The molecule has 2 aromatic carbocycles. The van der Waals surface area contributed by atoms with Crippen LogP contribution in [0.4, 0.5) is 10.1 Å². The van der Waals surface area contributed by atoms with Gasteiger partial charge in [-0.05, 0) is 54.8 Å². The lowest BCUT2D eigenvalue weighted by Gasteiger charge is -2.17. The summed E-state index contributed by atoms with van der Waals surface area (Å²) in [6.45, 7) is 1.88. The molecule has 0 amide bonds. The maximum Gasteiger partial charge on any atom is 0.335 e. The first kappa shape index (κ1) is 16.7. The van der Waals surface area contributed by atoms with Gasteiger partial charge in [-0.25, -0.2) is 9.18 Å². The summed E-state index contributed by atoms with van der Waals surface area (Å²) in [6.07, 6.45) is 3.72. The number of allylic oxidation sites excluding steroid dienone is 1. The van der Waals surface area contributed by atoms with Crippen molar-refractivity contribution >= 4 is 23.3 Å². The van der Waals surface area contributed by atoms with E-state index < -0.39 is 5.97 Å². The summed E-state index contributed by atoms with van der Waals surface area (Å²) in [6, 6.07) is 13.0. The molecule has 1 heterocycles. The van der Waals surface area contributed by atoms with Crippen LogP contribution < -0.4 is 4.90 Å². The number of carboxylic acid groups (broad SMARTS) is 1. The predicted molar refractivity (Wildman–Crippen MR) is 94.7 cm³/mol. The lowest BCUT2D eigenvalue weighted by Crippen LogP contribution is -2.17. The summed E-state index contributed by atoms with van der Waals surface area (Å²) in [7, 11) is 0. The van der Waals surface area contributed by atoms with Crippen LogP contribution in [-0.4, -0.2) is 24.2 Å². The number of hydrogen-bond acceptors (Lipinski definition) is 3. The van der Waals surface area contributed by atoms with Crippen molar-refractivity contribution in [2.75, 3.05) is 18.0 Å². The molecular formula is C20H17FN2O2. The molecule has 25 heavy (non-hydrogen) atoms. The molecule has 0 aliphatic carbocycles. The van der Waals surface area contributed by atoms with Gasteiger partial charge in [-0.2, -0.15) is 5.26 Å². The van der Waals surface area contributed by atoms with Crippen LogP contribution in [0.15, 0.2) is 42.5 Å². The molecule has 1 aliphatic heterocycles. The summed E-state index contributed by atoms with van der Waals surface area (Å²) in [5, 5.41) is 18.3. The average Bonchev–Trinajstić information content (AvgIpc) is 3.15. The van der Waals surface area contributed by atoms with Crippen LogP contribution >= 0.6 is 0 Å². The van der Waals surface area contributed by atoms with Gasteiger partial charge < -0.3 is 10.0 Å². The SMILES string of the molecule is N#C/C(=C/c1ccc(N2CCCC2)cc1F)c1ccc(C(=O)O)cc1. The third kappa shape index (κ3) is 3.69. The van der Waals surface area contributed by atoms with E-state index in [0.29, 0.717) is 11.1 Å². The first-order valence-corrected chi connectivity index (χ1v) is 8.08. The fourth-order valence-electron chi connectivity index (χ4n) is 2.93. The quantitative estimate of drug-likeness (QED) is 0.672. The summed E-state index contributed by atoms with van der Waals surface area (Å²) in [5.74, 6) is -1.41. The number of aromatic carboxylic acids is 1. The zero-order chi connectivity index (χ0) is 17.8. The van der Waals surface area contributed by atoms with Crippen LogP contribution in [-0.2, 0) is 0 Å². The van der Waals surface area contributed by atoms with Gasteiger partial charge in [0.25, 0.3) is 0 Å². The molecule has 0 radical (unpaired) electrons. The summed E-state index contributed by atoms with van der Waals surface area (Å²) in [5.41, 5.74) is 2.17. The molecule has 0 atom stereocenters. The highest BCUT2D eigenvalue weighted by Crippen LogP contribution is 2.25. The van der Waals surface area contributed by atoms with E-state index in [1.807, 2.05) is 12.1 Å². The van der Waals surface area contributed by atoms with E-state index in [9.17, 15) is 14.4 Å². The zero-order valence-electron chi connectivity index (χ0n) is 13.6. The minimum Gasteiger partial charge on any atom is -0.478 e. The van der Waals surface area contributed by atoms with E-state index in [2.05, 4.69) is 4.90 Å². The van der Waals surface area contributed by atoms with Gasteiger partial charge >= 0.3 is 5.97 Å². The number of anilines is 1. The minimum atomic E-state index is -1.03. The molecule has 1 aliphatic rings. The molecule has 0 saturated carbocycles. The molecular weight excluding hydrogens is 319 g/mol. The van der Waals surface area contributed by atoms with Gasteiger partial charge in [-0.15, -0.1) is 0 Å². The molecule has 5 heteroatoms. The van der Waals surface area contributed by atoms with Crippen LogP contribution in [0.5, 0.6) is 0 Å². The lowest BCUT2D eigenvalue weighted by molar-refractivity contribution is 0.0697. The number of nitriles is 1. The maximum absolute atomic E-state index is 14.4. The number of hydrogen-bond donors (Lipinski definition) is 1. The van der Waals surface area contributed by atoms with E-state index in [0.717, 1.165) is 31.6 Å². The normalized spacial score (nSPS) is 14.4. The van der Waals surface area contributed by atoms with Gasteiger partial charge in [0.2, 0.25) is 0 Å². The third-order valence-electron chi connectivity index (χ3n) is 4.32. The fraction of sp³-hybridized carbons (Fsp3) is 0.200. The first-order chi connectivity index (χ1) is 12.1. The van der Waals surface area contributed by atoms with Crippen molar-refractivity contribution in [1.82, 2.24) is 0 Å².